The van der Waals surface area contributed by atoms with Gasteiger partial charge in [-0.15, -0.1) is 0 Å². The van der Waals surface area contributed by atoms with Crippen LogP contribution in [-0.2, 0) is 4.74 Å². The van der Waals surface area contributed by atoms with E-state index >= 15 is 0 Å². The number of nitrogens with one attached hydrogen (secondary N) is 1. The lowest BCUT2D eigenvalue weighted by molar-refractivity contribution is -0.00527. The minimum Gasteiger partial charge on any atom is -0.378 e. The van der Waals surface area contributed by atoms with Gasteiger partial charge in [0.15, 0.2) is 0 Å². The zero-order chi connectivity index (χ0) is 13.4. The summed E-state index contributed by atoms with van der Waals surface area (Å²) in [6.45, 7) is 13.4. The molecule has 3 atom stereocenters. The van der Waals surface area contributed by atoms with E-state index in [4.69, 9.17) is 4.74 Å². The van der Waals surface area contributed by atoms with E-state index in [0.29, 0.717) is 18.2 Å². The highest BCUT2D eigenvalue weighted by atomic mass is 16.5. The first-order chi connectivity index (χ1) is 8.69. The summed E-state index contributed by atoms with van der Waals surface area (Å²) in [5, 5.41) is 3.78. The average molecular weight is 256 g/mol. The van der Waals surface area contributed by atoms with Crippen LogP contribution in [0.1, 0.15) is 53.4 Å². The van der Waals surface area contributed by atoms with Crippen molar-refractivity contribution in [3.63, 3.8) is 0 Å². The van der Waals surface area contributed by atoms with E-state index in [9.17, 15) is 0 Å². The molecule has 0 aromatic rings. The van der Waals surface area contributed by atoms with Gasteiger partial charge in [-0.25, -0.2) is 0 Å². The van der Waals surface area contributed by atoms with Crippen LogP contribution in [0.25, 0.3) is 0 Å². The molecule has 0 aromatic carbocycles. The normalized spacial score (nSPS) is 26.5. The second-order valence-electron chi connectivity index (χ2n) is 5.56. The molecule has 1 N–H and O–H groups in total. The van der Waals surface area contributed by atoms with Crippen molar-refractivity contribution in [3.05, 3.63) is 0 Å². The third-order valence-corrected chi connectivity index (χ3v) is 3.92. The van der Waals surface area contributed by atoms with Crippen molar-refractivity contribution >= 4 is 0 Å². The molecule has 1 saturated heterocycles. The number of ether oxygens (including phenoxy) is 1. The Morgan fingerprint density at radius 1 is 1.28 bits per heavy atom. The molecule has 1 rings (SSSR count). The number of rotatable bonds is 8. The smallest absolute Gasteiger partial charge is 0.0589 e. The monoisotopic (exact) mass is 256 g/mol. The van der Waals surface area contributed by atoms with Crippen molar-refractivity contribution in [2.45, 2.75) is 71.6 Å². The van der Waals surface area contributed by atoms with Gasteiger partial charge in [0.2, 0.25) is 0 Å². The van der Waals surface area contributed by atoms with Crippen molar-refractivity contribution in [1.29, 1.82) is 0 Å². The van der Waals surface area contributed by atoms with Crippen LogP contribution in [-0.4, -0.2) is 49.3 Å². The van der Waals surface area contributed by atoms with Crippen LogP contribution in [0.4, 0.5) is 0 Å². The molecule has 1 aliphatic heterocycles. The number of likely N-dealkylation sites (N-methyl/N-ethyl adjacent to an activating group) is 1. The van der Waals surface area contributed by atoms with Crippen LogP contribution in [0.2, 0.25) is 0 Å². The summed E-state index contributed by atoms with van der Waals surface area (Å²) in [5.41, 5.74) is 0. The van der Waals surface area contributed by atoms with Gasteiger partial charge in [0.1, 0.15) is 0 Å². The molecule has 3 heteroatoms. The second kappa shape index (κ2) is 8.89. The minimum absolute atomic E-state index is 0.488. The van der Waals surface area contributed by atoms with Gasteiger partial charge in [0.25, 0.3) is 0 Å². The van der Waals surface area contributed by atoms with E-state index in [0.717, 1.165) is 26.2 Å². The molecule has 108 valence electrons. The first kappa shape index (κ1) is 15.9. The van der Waals surface area contributed by atoms with Gasteiger partial charge in [0.05, 0.1) is 6.10 Å². The van der Waals surface area contributed by atoms with Crippen molar-refractivity contribution in [2.24, 2.45) is 0 Å². The molecule has 18 heavy (non-hydrogen) atoms. The zero-order valence-electron chi connectivity index (χ0n) is 12.7. The van der Waals surface area contributed by atoms with Crippen LogP contribution in [0.15, 0.2) is 0 Å². The Balaban J connectivity index is 2.27. The fraction of sp³-hybridized carbons (Fsp3) is 1.00. The van der Waals surface area contributed by atoms with Crippen molar-refractivity contribution in [2.75, 3.05) is 26.2 Å². The van der Waals surface area contributed by atoms with Crippen LogP contribution in [0.3, 0.4) is 0 Å². The van der Waals surface area contributed by atoms with Crippen molar-refractivity contribution in [3.8, 4) is 0 Å². The first-order valence-corrected chi connectivity index (χ1v) is 7.79. The summed E-state index contributed by atoms with van der Waals surface area (Å²) in [5.74, 6) is 0. The SMILES string of the molecule is CCCC1CC(NC(C)CN(CC)CC)CCO1. The molecule has 0 saturated carbocycles. The highest BCUT2D eigenvalue weighted by molar-refractivity contribution is 4.80. The maximum atomic E-state index is 5.80. The van der Waals surface area contributed by atoms with Gasteiger partial charge in [-0.05, 0) is 39.3 Å². The largest absolute Gasteiger partial charge is 0.378 e. The lowest BCUT2D eigenvalue weighted by atomic mass is 9.99. The molecule has 1 fully saturated rings. The number of hydrogen-bond acceptors (Lipinski definition) is 3. The van der Waals surface area contributed by atoms with Gasteiger partial charge in [-0.2, -0.15) is 0 Å². The van der Waals surface area contributed by atoms with Crippen molar-refractivity contribution < 1.29 is 4.74 Å². The van der Waals surface area contributed by atoms with Crippen molar-refractivity contribution in [1.82, 2.24) is 10.2 Å². The molecule has 3 nitrogen and oxygen atoms in total. The highest BCUT2D eigenvalue weighted by Crippen LogP contribution is 2.18. The molecule has 3 unspecified atom stereocenters. The molecule has 1 aliphatic rings. The van der Waals surface area contributed by atoms with E-state index in [1.54, 1.807) is 0 Å². The molecular weight excluding hydrogens is 224 g/mol. The molecule has 0 spiro atoms. The summed E-state index contributed by atoms with van der Waals surface area (Å²) >= 11 is 0. The maximum absolute atomic E-state index is 5.80. The molecule has 0 bridgehead atoms. The van der Waals surface area contributed by atoms with Crippen LogP contribution in [0, 0.1) is 0 Å². The quantitative estimate of drug-likeness (QED) is 0.722. The number of hydrogen-bond donors (Lipinski definition) is 1. The predicted octanol–water partition coefficient (Wildman–Crippen LogP) is 2.65. The average Bonchev–Trinajstić information content (AvgIpc) is 2.36. The summed E-state index contributed by atoms with van der Waals surface area (Å²) in [6, 6.07) is 1.23. The lowest BCUT2D eigenvalue weighted by Crippen LogP contribution is -2.47. The Labute approximate surface area is 113 Å². The Morgan fingerprint density at radius 3 is 2.61 bits per heavy atom. The maximum Gasteiger partial charge on any atom is 0.0589 e. The van der Waals surface area contributed by atoms with E-state index in [1.165, 1.54) is 25.7 Å². The van der Waals surface area contributed by atoms with Gasteiger partial charge in [-0.3, -0.25) is 0 Å². The molecule has 1 heterocycles. The lowest BCUT2D eigenvalue weighted by Gasteiger charge is -2.33. The summed E-state index contributed by atoms with van der Waals surface area (Å²) in [4.78, 5) is 2.49. The van der Waals surface area contributed by atoms with Gasteiger partial charge < -0.3 is 15.0 Å². The second-order valence-corrected chi connectivity index (χ2v) is 5.56. The minimum atomic E-state index is 0.488. The summed E-state index contributed by atoms with van der Waals surface area (Å²) in [6.07, 6.45) is 5.29. The molecule has 0 aliphatic carbocycles. The standard InChI is InChI=1S/C15H32N2O/c1-5-8-15-11-14(9-10-18-15)16-13(4)12-17(6-2)7-3/h13-16H,5-12H2,1-4H3. The molecule has 0 aromatic heterocycles. The fourth-order valence-electron chi connectivity index (χ4n) is 2.88. The Kier molecular flexibility index (Phi) is 7.87. The highest BCUT2D eigenvalue weighted by Gasteiger charge is 2.23. The van der Waals surface area contributed by atoms with E-state index < -0.39 is 0 Å². The van der Waals surface area contributed by atoms with Crippen LogP contribution in [0.5, 0.6) is 0 Å². The Bertz CT molecular complexity index is 205. The predicted molar refractivity (Wildman–Crippen MR) is 78.1 cm³/mol. The third kappa shape index (κ3) is 5.68. The zero-order valence-corrected chi connectivity index (χ0v) is 12.7. The van der Waals surface area contributed by atoms with Crippen LogP contribution >= 0.6 is 0 Å². The topological polar surface area (TPSA) is 24.5 Å². The van der Waals surface area contributed by atoms with Gasteiger partial charge in [0, 0.05) is 25.2 Å². The summed E-state index contributed by atoms with van der Waals surface area (Å²) < 4.78 is 5.80. The fourth-order valence-corrected chi connectivity index (χ4v) is 2.88. The van der Waals surface area contributed by atoms with E-state index in [-0.39, 0.29) is 0 Å². The van der Waals surface area contributed by atoms with E-state index in [2.05, 4.69) is 37.9 Å². The Morgan fingerprint density at radius 2 is 2.00 bits per heavy atom. The third-order valence-electron chi connectivity index (χ3n) is 3.92. The number of nitrogens with zero attached hydrogens (tertiary/aromatic N) is 1. The first-order valence-electron chi connectivity index (χ1n) is 7.79. The van der Waals surface area contributed by atoms with Gasteiger partial charge in [-0.1, -0.05) is 27.2 Å². The van der Waals surface area contributed by atoms with Crippen LogP contribution < -0.4 is 5.32 Å². The molecular formula is C15H32N2O. The van der Waals surface area contributed by atoms with E-state index in [1.807, 2.05) is 0 Å². The summed E-state index contributed by atoms with van der Waals surface area (Å²) in [7, 11) is 0. The molecule has 0 amide bonds. The van der Waals surface area contributed by atoms with Gasteiger partial charge >= 0.3 is 0 Å². The molecule has 0 radical (unpaired) electrons. The Hall–Kier alpha value is -0.120.